The molecule has 0 aromatic rings. The Balaban J connectivity index is 4.36. The van der Waals surface area contributed by atoms with Crippen LogP contribution in [0.2, 0.25) is 0 Å². The van der Waals surface area contributed by atoms with Crippen molar-refractivity contribution in [2.75, 3.05) is 0 Å². The average Bonchev–Trinajstić information content (AvgIpc) is 1.85. The van der Waals surface area contributed by atoms with Crippen molar-refractivity contribution in [1.82, 2.24) is 0 Å². The first-order chi connectivity index (χ1) is 5.28. The third-order valence-electron chi connectivity index (χ3n) is 1.96. The lowest BCUT2D eigenvalue weighted by atomic mass is 9.89. The highest BCUT2D eigenvalue weighted by molar-refractivity contribution is 8.03. The van der Waals surface area contributed by atoms with Crippen LogP contribution in [0.3, 0.4) is 0 Å². The van der Waals surface area contributed by atoms with E-state index in [-0.39, 0.29) is 11.2 Å². The number of thioether (sulfide) groups is 1. The molecule has 0 heterocycles. The van der Waals surface area contributed by atoms with Gasteiger partial charge >= 0.3 is 0 Å². The van der Waals surface area contributed by atoms with Crippen LogP contribution in [0.5, 0.6) is 0 Å². The van der Waals surface area contributed by atoms with Gasteiger partial charge in [0.15, 0.2) is 0 Å². The summed E-state index contributed by atoms with van der Waals surface area (Å²) in [6.07, 6.45) is 0. The molecule has 0 aliphatic carbocycles. The lowest BCUT2D eigenvalue weighted by Gasteiger charge is -2.24. The van der Waals surface area contributed by atoms with E-state index in [4.69, 9.17) is 0 Å². The molecular formula is C10H18OS. The van der Waals surface area contributed by atoms with E-state index in [0.717, 1.165) is 4.91 Å². The number of hydrogen-bond donors (Lipinski definition) is 0. The van der Waals surface area contributed by atoms with Crippen LogP contribution in [-0.2, 0) is 4.79 Å². The van der Waals surface area contributed by atoms with Gasteiger partial charge in [0, 0.05) is 5.25 Å². The second-order valence-electron chi connectivity index (χ2n) is 3.77. The van der Waals surface area contributed by atoms with Crippen molar-refractivity contribution >= 4 is 17.5 Å². The van der Waals surface area contributed by atoms with E-state index in [2.05, 4.69) is 20.4 Å². The lowest BCUT2D eigenvalue weighted by molar-refractivity contribution is -0.122. The summed E-state index contributed by atoms with van der Waals surface area (Å²) in [6, 6.07) is 0. The lowest BCUT2D eigenvalue weighted by Crippen LogP contribution is -2.22. The van der Waals surface area contributed by atoms with E-state index in [1.54, 1.807) is 18.7 Å². The number of rotatable bonds is 4. The third kappa shape index (κ3) is 3.02. The van der Waals surface area contributed by atoms with Crippen molar-refractivity contribution < 1.29 is 4.79 Å². The molecule has 2 heteroatoms. The predicted molar refractivity (Wildman–Crippen MR) is 56.3 cm³/mol. The minimum Gasteiger partial charge on any atom is -0.299 e. The van der Waals surface area contributed by atoms with Crippen molar-refractivity contribution in [2.24, 2.45) is 5.41 Å². The van der Waals surface area contributed by atoms with Crippen LogP contribution in [0.25, 0.3) is 0 Å². The fourth-order valence-corrected chi connectivity index (χ4v) is 1.64. The zero-order valence-electron chi connectivity index (χ0n) is 8.60. The van der Waals surface area contributed by atoms with E-state index in [1.807, 2.05) is 13.8 Å². The van der Waals surface area contributed by atoms with Crippen LogP contribution in [-0.4, -0.2) is 11.0 Å². The van der Waals surface area contributed by atoms with E-state index < -0.39 is 0 Å². The molecule has 0 aromatic carbocycles. The van der Waals surface area contributed by atoms with Gasteiger partial charge in [0.2, 0.25) is 0 Å². The first kappa shape index (κ1) is 11.8. The number of allylic oxidation sites excluding steroid dienone is 1. The van der Waals surface area contributed by atoms with Gasteiger partial charge in [-0.05, 0) is 25.7 Å². The molecule has 12 heavy (non-hydrogen) atoms. The Bertz CT molecular complexity index is 192. The topological polar surface area (TPSA) is 17.1 Å². The van der Waals surface area contributed by atoms with Gasteiger partial charge in [0.25, 0.3) is 0 Å². The minimum absolute atomic E-state index is 0.181. The monoisotopic (exact) mass is 186 g/mol. The Morgan fingerprint density at radius 3 is 2.08 bits per heavy atom. The molecule has 0 aliphatic heterocycles. The van der Waals surface area contributed by atoms with E-state index in [1.165, 1.54) is 0 Å². The van der Waals surface area contributed by atoms with Gasteiger partial charge < -0.3 is 0 Å². The molecule has 0 N–H and O–H groups in total. The first-order valence-corrected chi connectivity index (χ1v) is 5.03. The standard InChI is InChI=1S/C10H18OS/c1-7(2)12-9(4)10(5,6)8(3)11/h7H,4H2,1-3,5-6H3. The summed E-state index contributed by atoms with van der Waals surface area (Å²) in [4.78, 5) is 12.2. The fourth-order valence-electron chi connectivity index (χ4n) is 0.628. The largest absolute Gasteiger partial charge is 0.299 e. The quantitative estimate of drug-likeness (QED) is 0.670. The highest BCUT2D eigenvalue weighted by Crippen LogP contribution is 2.36. The van der Waals surface area contributed by atoms with Crippen LogP contribution in [0.1, 0.15) is 34.6 Å². The highest BCUT2D eigenvalue weighted by atomic mass is 32.2. The fraction of sp³-hybridized carbons (Fsp3) is 0.700. The van der Waals surface area contributed by atoms with Crippen LogP contribution in [0.15, 0.2) is 11.5 Å². The summed E-state index contributed by atoms with van der Waals surface area (Å²) in [5.74, 6) is 0.181. The molecule has 0 aromatic heterocycles. The molecule has 0 atom stereocenters. The van der Waals surface area contributed by atoms with Crippen LogP contribution >= 0.6 is 11.8 Å². The molecule has 0 unspecified atom stereocenters. The molecule has 1 nitrogen and oxygen atoms in total. The van der Waals surface area contributed by atoms with Gasteiger partial charge in [-0.15, -0.1) is 11.8 Å². The highest BCUT2D eigenvalue weighted by Gasteiger charge is 2.27. The van der Waals surface area contributed by atoms with Crippen molar-refractivity contribution in [1.29, 1.82) is 0 Å². The van der Waals surface area contributed by atoms with Crippen LogP contribution < -0.4 is 0 Å². The minimum atomic E-state index is -0.380. The Kier molecular flexibility index (Phi) is 4.04. The van der Waals surface area contributed by atoms with Gasteiger partial charge in [-0.1, -0.05) is 20.4 Å². The van der Waals surface area contributed by atoms with E-state index in [9.17, 15) is 4.79 Å². The zero-order chi connectivity index (χ0) is 9.94. The number of carbonyl (C=O) groups is 1. The molecule has 0 bridgehead atoms. The second kappa shape index (κ2) is 4.13. The summed E-state index contributed by atoms with van der Waals surface area (Å²) in [5.41, 5.74) is -0.380. The molecule has 70 valence electrons. The summed E-state index contributed by atoms with van der Waals surface area (Å²) in [5, 5.41) is 0.496. The van der Waals surface area contributed by atoms with Gasteiger partial charge in [-0.3, -0.25) is 4.79 Å². The molecule has 0 rings (SSSR count). The summed E-state index contributed by atoms with van der Waals surface area (Å²) < 4.78 is 0. The molecule has 0 amide bonds. The second-order valence-corrected chi connectivity index (χ2v) is 5.44. The molecule has 0 fully saturated rings. The molecule has 0 saturated heterocycles. The zero-order valence-corrected chi connectivity index (χ0v) is 9.42. The molecule has 0 spiro atoms. The Labute approximate surface area is 79.6 Å². The van der Waals surface area contributed by atoms with E-state index >= 15 is 0 Å². The van der Waals surface area contributed by atoms with Crippen LogP contribution in [0.4, 0.5) is 0 Å². The smallest absolute Gasteiger partial charge is 0.140 e. The van der Waals surface area contributed by atoms with Gasteiger partial charge in [-0.2, -0.15) is 0 Å². The molecule has 0 saturated carbocycles. The summed E-state index contributed by atoms with van der Waals surface area (Å²) in [6.45, 7) is 13.6. The van der Waals surface area contributed by atoms with Crippen molar-refractivity contribution in [3.05, 3.63) is 11.5 Å². The van der Waals surface area contributed by atoms with Crippen molar-refractivity contribution in [3.8, 4) is 0 Å². The summed E-state index contributed by atoms with van der Waals surface area (Å²) in [7, 11) is 0. The van der Waals surface area contributed by atoms with Gasteiger partial charge in [0.1, 0.15) is 5.78 Å². The number of ketones is 1. The molecule has 0 radical (unpaired) electrons. The summed E-state index contributed by atoms with van der Waals surface area (Å²) >= 11 is 1.67. The number of hydrogen-bond acceptors (Lipinski definition) is 2. The molecule has 0 aliphatic rings. The Morgan fingerprint density at radius 2 is 1.83 bits per heavy atom. The number of Topliss-reactive ketones (excluding diaryl/α,β-unsaturated/α-hetero) is 1. The van der Waals surface area contributed by atoms with Gasteiger partial charge in [0.05, 0.1) is 5.41 Å². The van der Waals surface area contributed by atoms with Crippen LogP contribution in [0, 0.1) is 5.41 Å². The first-order valence-electron chi connectivity index (χ1n) is 4.15. The Hall–Kier alpha value is -0.240. The Morgan fingerprint density at radius 1 is 1.42 bits per heavy atom. The molecular weight excluding hydrogens is 168 g/mol. The van der Waals surface area contributed by atoms with Crippen molar-refractivity contribution in [3.63, 3.8) is 0 Å². The maximum absolute atomic E-state index is 11.2. The third-order valence-corrected chi connectivity index (χ3v) is 3.22. The number of carbonyl (C=O) groups excluding carboxylic acids is 1. The maximum atomic E-state index is 11.2. The predicted octanol–water partition coefficient (Wildman–Crippen LogP) is 3.26. The maximum Gasteiger partial charge on any atom is 0.140 e. The average molecular weight is 186 g/mol. The van der Waals surface area contributed by atoms with Crippen molar-refractivity contribution in [2.45, 2.75) is 39.9 Å². The van der Waals surface area contributed by atoms with Gasteiger partial charge in [-0.25, -0.2) is 0 Å². The van der Waals surface area contributed by atoms with E-state index in [0.29, 0.717) is 5.25 Å². The normalized spacial score (nSPS) is 11.8. The SMILES string of the molecule is C=C(SC(C)C)C(C)(C)C(C)=O.